The average Bonchev–Trinajstić information content (AvgIpc) is 2.42. The molecular formula is C12H13N5O6S2. The molecule has 2 aromatic carbocycles. The van der Waals surface area contributed by atoms with E-state index >= 15 is 0 Å². The fraction of sp³-hybridized carbons (Fsp3) is 0. The van der Waals surface area contributed by atoms with Gasteiger partial charge in [0.25, 0.3) is 20.2 Å². The number of guanidine groups is 2. The van der Waals surface area contributed by atoms with Crippen LogP contribution in [0.3, 0.4) is 0 Å². The molecule has 0 unspecified atom stereocenters. The second-order valence-electron chi connectivity index (χ2n) is 4.78. The first-order chi connectivity index (χ1) is 11.4. The Morgan fingerprint density at radius 1 is 0.920 bits per heavy atom. The first kappa shape index (κ1) is 18.6. The van der Waals surface area contributed by atoms with Crippen LogP contribution in [0.4, 0.5) is 5.69 Å². The van der Waals surface area contributed by atoms with Gasteiger partial charge < -0.3 is 17.2 Å². The van der Waals surface area contributed by atoms with Crippen LogP contribution in [0.15, 0.2) is 50.1 Å². The number of aliphatic imine (C=N–C) groups is 2. The summed E-state index contributed by atoms with van der Waals surface area (Å²) in [6.45, 7) is 0. The Hall–Kier alpha value is -2.74. The van der Waals surface area contributed by atoms with E-state index in [9.17, 15) is 21.4 Å². The van der Waals surface area contributed by atoms with Crippen LogP contribution in [0.1, 0.15) is 0 Å². The van der Waals surface area contributed by atoms with E-state index in [0.29, 0.717) is 6.07 Å². The second kappa shape index (κ2) is 6.29. The quantitative estimate of drug-likeness (QED) is 0.262. The topological polar surface area (TPSA) is 212 Å². The van der Waals surface area contributed by atoms with Crippen molar-refractivity contribution in [2.45, 2.75) is 9.79 Å². The van der Waals surface area contributed by atoms with E-state index in [4.69, 9.17) is 21.8 Å². The zero-order chi connectivity index (χ0) is 19.0. The Kier molecular flexibility index (Phi) is 4.68. The summed E-state index contributed by atoms with van der Waals surface area (Å²) in [7, 11) is -9.49. The van der Waals surface area contributed by atoms with Gasteiger partial charge in [0.15, 0.2) is 5.96 Å². The molecule has 25 heavy (non-hydrogen) atoms. The normalized spacial score (nSPS) is 13.0. The Labute approximate surface area is 142 Å². The molecule has 0 aliphatic carbocycles. The molecule has 0 aliphatic rings. The molecule has 0 radical (unpaired) electrons. The lowest BCUT2D eigenvalue weighted by Crippen LogP contribution is -2.26. The molecule has 0 heterocycles. The summed E-state index contributed by atoms with van der Waals surface area (Å²) in [6, 6.07) is 5.58. The van der Waals surface area contributed by atoms with Crippen molar-refractivity contribution in [3.8, 4) is 0 Å². The molecule has 0 spiro atoms. The molecule has 2 rings (SSSR count). The lowest BCUT2D eigenvalue weighted by molar-refractivity contribution is 0.482. The molecule has 0 bridgehead atoms. The molecule has 8 N–H and O–H groups in total. The Morgan fingerprint density at radius 3 is 2.08 bits per heavy atom. The van der Waals surface area contributed by atoms with E-state index < -0.39 is 30.0 Å². The zero-order valence-corrected chi connectivity index (χ0v) is 14.0. The van der Waals surface area contributed by atoms with Gasteiger partial charge in [-0.05, 0) is 29.7 Å². The van der Waals surface area contributed by atoms with Crippen LogP contribution < -0.4 is 17.2 Å². The Bertz CT molecular complexity index is 1120. The van der Waals surface area contributed by atoms with Crippen molar-refractivity contribution in [3.63, 3.8) is 0 Å². The van der Waals surface area contributed by atoms with Crippen LogP contribution in [0.25, 0.3) is 10.8 Å². The molecule has 0 atom stereocenters. The lowest BCUT2D eigenvalue weighted by Gasteiger charge is -2.08. The number of hydrogen-bond donors (Lipinski definition) is 5. The van der Waals surface area contributed by atoms with E-state index in [1.807, 2.05) is 0 Å². The maximum atomic E-state index is 11.6. The van der Waals surface area contributed by atoms with Crippen LogP contribution in [0.5, 0.6) is 0 Å². The molecule has 0 amide bonds. The number of nitrogens with two attached hydrogens (primary N) is 3. The fourth-order valence-electron chi connectivity index (χ4n) is 2.01. The average molecular weight is 387 g/mol. The number of rotatable bonds is 3. The summed E-state index contributed by atoms with van der Waals surface area (Å²) in [6.07, 6.45) is 0. The predicted octanol–water partition coefficient (Wildman–Crippen LogP) is -0.447. The molecule has 2 aromatic rings. The van der Waals surface area contributed by atoms with Crippen LogP contribution in [0, 0.1) is 0 Å². The van der Waals surface area contributed by atoms with Gasteiger partial charge in [-0.1, -0.05) is 6.07 Å². The van der Waals surface area contributed by atoms with Crippen molar-refractivity contribution >= 4 is 48.6 Å². The third kappa shape index (κ3) is 4.42. The number of fused-ring (bicyclic) bond motifs is 1. The van der Waals surface area contributed by atoms with Crippen LogP contribution in [0.2, 0.25) is 0 Å². The highest BCUT2D eigenvalue weighted by atomic mass is 32.2. The fourth-order valence-corrected chi connectivity index (χ4v) is 3.35. The molecule has 13 heteroatoms. The van der Waals surface area contributed by atoms with Crippen molar-refractivity contribution in [2.24, 2.45) is 27.2 Å². The number of benzene rings is 2. The monoisotopic (exact) mass is 387 g/mol. The van der Waals surface area contributed by atoms with Gasteiger partial charge in [0.2, 0.25) is 5.96 Å². The highest BCUT2D eigenvalue weighted by Crippen LogP contribution is 2.30. The Morgan fingerprint density at radius 2 is 1.56 bits per heavy atom. The molecule has 0 saturated carbocycles. The zero-order valence-electron chi connectivity index (χ0n) is 12.4. The summed E-state index contributed by atoms with van der Waals surface area (Å²) < 4.78 is 64.1. The standard InChI is InChI=1S/C12H13N5O6S2/c13-11(14)17-12(15)16-7-2-1-6-3-8(24(18,19)20)5-10(9(6)4-7)25(21,22)23/h1-5H,(H,18,19,20)(H,21,22,23)(H6,13,14,15,16,17). The minimum atomic E-state index is -4.80. The predicted molar refractivity (Wildman–Crippen MR) is 90.7 cm³/mol. The Balaban J connectivity index is 2.80. The summed E-state index contributed by atoms with van der Waals surface area (Å²) >= 11 is 0. The van der Waals surface area contributed by atoms with Gasteiger partial charge in [-0.2, -0.15) is 21.8 Å². The number of hydrogen-bond acceptors (Lipinski definition) is 5. The third-order valence-electron chi connectivity index (χ3n) is 2.94. The molecular weight excluding hydrogens is 374 g/mol. The minimum absolute atomic E-state index is 0.0475. The molecule has 134 valence electrons. The molecule has 0 aromatic heterocycles. The van der Waals surface area contributed by atoms with Crippen LogP contribution in [-0.4, -0.2) is 37.9 Å². The van der Waals surface area contributed by atoms with E-state index in [-0.39, 0.29) is 28.4 Å². The van der Waals surface area contributed by atoms with Gasteiger partial charge in [0.05, 0.1) is 10.6 Å². The largest absolute Gasteiger partial charge is 0.370 e. The van der Waals surface area contributed by atoms with Gasteiger partial charge in [0.1, 0.15) is 4.90 Å². The lowest BCUT2D eigenvalue weighted by atomic mass is 10.1. The van der Waals surface area contributed by atoms with Crippen molar-refractivity contribution in [3.05, 3.63) is 30.3 Å². The molecule has 0 aliphatic heterocycles. The van der Waals surface area contributed by atoms with E-state index in [1.54, 1.807) is 0 Å². The van der Waals surface area contributed by atoms with Crippen LogP contribution in [-0.2, 0) is 20.2 Å². The van der Waals surface area contributed by atoms with E-state index in [2.05, 4.69) is 9.98 Å². The molecule has 11 nitrogen and oxygen atoms in total. The highest BCUT2D eigenvalue weighted by molar-refractivity contribution is 7.86. The van der Waals surface area contributed by atoms with Crippen molar-refractivity contribution in [2.75, 3.05) is 0 Å². The molecule has 0 fully saturated rings. The van der Waals surface area contributed by atoms with Crippen molar-refractivity contribution < 1.29 is 25.9 Å². The van der Waals surface area contributed by atoms with Gasteiger partial charge in [0, 0.05) is 5.39 Å². The minimum Gasteiger partial charge on any atom is -0.370 e. The maximum Gasteiger partial charge on any atom is 0.295 e. The summed E-state index contributed by atoms with van der Waals surface area (Å²) in [5.41, 5.74) is 15.9. The van der Waals surface area contributed by atoms with Crippen LogP contribution >= 0.6 is 0 Å². The second-order valence-corrected chi connectivity index (χ2v) is 7.60. The van der Waals surface area contributed by atoms with Gasteiger partial charge >= 0.3 is 0 Å². The SMILES string of the molecule is NC(N)=NC(N)=Nc1ccc2cc(S(=O)(=O)O)cc(S(=O)(=O)O)c2c1. The van der Waals surface area contributed by atoms with E-state index in [0.717, 1.165) is 6.07 Å². The summed E-state index contributed by atoms with van der Waals surface area (Å²) in [4.78, 5) is 5.92. The van der Waals surface area contributed by atoms with E-state index in [1.165, 1.54) is 18.2 Å². The first-order valence-corrected chi connectivity index (χ1v) is 9.22. The van der Waals surface area contributed by atoms with Gasteiger partial charge in [-0.25, -0.2) is 4.99 Å². The number of nitrogens with zero attached hydrogens (tertiary/aromatic N) is 2. The maximum absolute atomic E-state index is 11.6. The van der Waals surface area contributed by atoms with Crippen molar-refractivity contribution in [1.82, 2.24) is 0 Å². The summed E-state index contributed by atoms with van der Waals surface area (Å²) in [5.74, 6) is -0.638. The summed E-state index contributed by atoms with van der Waals surface area (Å²) in [5, 5.41) is 0.0655. The van der Waals surface area contributed by atoms with Gasteiger partial charge in [-0.3, -0.25) is 9.11 Å². The first-order valence-electron chi connectivity index (χ1n) is 6.34. The smallest absolute Gasteiger partial charge is 0.295 e. The third-order valence-corrected chi connectivity index (χ3v) is 4.66. The molecule has 0 saturated heterocycles. The van der Waals surface area contributed by atoms with Crippen molar-refractivity contribution in [1.29, 1.82) is 0 Å². The van der Waals surface area contributed by atoms with Gasteiger partial charge in [-0.15, -0.1) is 0 Å². The highest BCUT2D eigenvalue weighted by Gasteiger charge is 2.20.